The summed E-state index contributed by atoms with van der Waals surface area (Å²) in [5, 5.41) is 33.3. The van der Waals surface area contributed by atoms with Gasteiger partial charge >= 0.3 is 0 Å². The van der Waals surface area contributed by atoms with E-state index >= 15 is 0 Å². The maximum Gasteiger partial charge on any atom is 0.142 e. The molecule has 3 aliphatic rings. The van der Waals surface area contributed by atoms with Gasteiger partial charge in [-0.25, -0.2) is 0 Å². The van der Waals surface area contributed by atoms with Crippen LogP contribution in [0.5, 0.6) is 0 Å². The van der Waals surface area contributed by atoms with Gasteiger partial charge in [-0.05, 0) is 67.2 Å². The van der Waals surface area contributed by atoms with E-state index in [9.17, 15) is 10.2 Å². The van der Waals surface area contributed by atoms with Gasteiger partial charge in [0.15, 0.2) is 0 Å². The Labute approximate surface area is 270 Å². The normalized spacial score (nSPS) is 24.8. The third-order valence-electron chi connectivity index (χ3n) is 10.1. The molecule has 2 nitrogen and oxygen atoms in total. The van der Waals surface area contributed by atoms with Crippen LogP contribution in [0.15, 0.2) is 162 Å². The van der Waals surface area contributed by atoms with Crippen molar-refractivity contribution in [2.24, 2.45) is 11.8 Å². The molecule has 4 unspecified atom stereocenters. The zero-order valence-electron chi connectivity index (χ0n) is 24.4. The molecule has 0 aromatic heterocycles. The van der Waals surface area contributed by atoms with Gasteiger partial charge in [0.1, 0.15) is 11.2 Å². The zero-order chi connectivity index (χ0) is 30.3. The monoisotopic (exact) mass is 644 g/mol. The molecule has 3 heteroatoms. The third-order valence-corrected chi connectivity index (χ3v) is 10.6. The van der Waals surface area contributed by atoms with Crippen molar-refractivity contribution < 1.29 is 10.2 Å². The van der Waals surface area contributed by atoms with Crippen molar-refractivity contribution in [1.29, 1.82) is 0 Å². The average molecular weight is 646 g/mol. The molecule has 0 saturated heterocycles. The summed E-state index contributed by atoms with van der Waals surface area (Å²) in [4.78, 5) is 0. The Morgan fingerprint density at radius 2 is 1.16 bits per heavy atom. The number of fused-ring (bicyclic) bond motifs is 9. The van der Waals surface area contributed by atoms with Crippen molar-refractivity contribution in [2.45, 2.75) is 11.2 Å². The molecule has 0 radical (unpaired) electrons. The van der Waals surface area contributed by atoms with E-state index in [1.54, 1.807) is 0 Å². The Morgan fingerprint density at radius 3 is 1.89 bits per heavy atom. The lowest BCUT2D eigenvalue weighted by Crippen LogP contribution is -2.45. The molecule has 6 aromatic carbocycles. The van der Waals surface area contributed by atoms with Gasteiger partial charge in [-0.15, -0.1) is 0 Å². The molecule has 0 saturated carbocycles. The number of halogens is 1. The molecule has 2 N–H and O–H groups in total. The Hall–Kier alpha value is -4.54. The second kappa shape index (κ2) is 9.73. The first-order chi connectivity index (χ1) is 22.0. The number of hydrogen-bond acceptors (Lipinski definition) is 2. The fourth-order valence-electron chi connectivity index (χ4n) is 8.03. The SMILES string of the molecule is OC1(C2=CC3C=CC=CC3C=C2)c2ccc(Br)cc2C(O)(c2ccc3ccccc3c2)c2c1c1ccccc1c1ccccc21. The highest BCUT2D eigenvalue weighted by Crippen LogP contribution is 2.58. The van der Waals surface area contributed by atoms with Crippen LogP contribution in [0.4, 0.5) is 0 Å². The van der Waals surface area contributed by atoms with Crippen LogP contribution in [0.2, 0.25) is 0 Å². The summed E-state index contributed by atoms with van der Waals surface area (Å²) in [5.74, 6) is 0.382. The van der Waals surface area contributed by atoms with Gasteiger partial charge in [0, 0.05) is 33.0 Å². The van der Waals surface area contributed by atoms with Gasteiger partial charge in [0.25, 0.3) is 0 Å². The Balaban J connectivity index is 1.48. The van der Waals surface area contributed by atoms with E-state index < -0.39 is 11.2 Å². The largest absolute Gasteiger partial charge is 0.376 e. The van der Waals surface area contributed by atoms with Gasteiger partial charge in [-0.2, -0.15) is 0 Å². The van der Waals surface area contributed by atoms with Crippen LogP contribution in [-0.2, 0) is 11.2 Å². The van der Waals surface area contributed by atoms with Gasteiger partial charge in [-0.1, -0.05) is 149 Å². The van der Waals surface area contributed by atoms with E-state index in [2.05, 4.69) is 107 Å². The number of hydrogen-bond donors (Lipinski definition) is 2. The summed E-state index contributed by atoms with van der Waals surface area (Å²) in [6.45, 7) is 0. The minimum absolute atomic E-state index is 0.134. The van der Waals surface area contributed by atoms with Crippen molar-refractivity contribution in [2.75, 3.05) is 0 Å². The smallest absolute Gasteiger partial charge is 0.142 e. The molecule has 0 amide bonds. The summed E-state index contributed by atoms with van der Waals surface area (Å²) < 4.78 is 0.838. The lowest BCUT2D eigenvalue weighted by molar-refractivity contribution is 0.0763. The molecular weight excluding hydrogens is 616 g/mol. The van der Waals surface area contributed by atoms with Gasteiger partial charge in [-0.3, -0.25) is 0 Å². The Kier molecular flexibility index (Phi) is 5.80. The first-order valence-electron chi connectivity index (χ1n) is 15.4. The number of allylic oxidation sites excluding steroid dienone is 6. The highest BCUT2D eigenvalue weighted by Gasteiger charge is 2.53. The van der Waals surface area contributed by atoms with E-state index in [-0.39, 0.29) is 11.8 Å². The van der Waals surface area contributed by atoms with Crippen LogP contribution in [0, 0.1) is 11.8 Å². The summed E-state index contributed by atoms with van der Waals surface area (Å²) in [7, 11) is 0. The predicted molar refractivity (Wildman–Crippen MR) is 187 cm³/mol. The molecule has 4 atom stereocenters. The number of rotatable bonds is 2. The van der Waals surface area contributed by atoms with E-state index in [1.807, 2.05) is 60.7 Å². The van der Waals surface area contributed by atoms with Crippen molar-refractivity contribution in [3.63, 3.8) is 0 Å². The lowest BCUT2D eigenvalue weighted by Gasteiger charge is -2.47. The average Bonchev–Trinajstić information content (AvgIpc) is 3.09. The zero-order valence-corrected chi connectivity index (χ0v) is 25.9. The van der Waals surface area contributed by atoms with Crippen LogP contribution < -0.4 is 0 Å². The van der Waals surface area contributed by atoms with Gasteiger partial charge < -0.3 is 10.2 Å². The standard InChI is InChI=1S/C42H29BrO2/c43-32-21-22-37-38(25-32)42(45,31-20-18-27-10-2-4-12-29(27)24-31)40-36-16-8-6-14-34(36)33-13-5-7-15-35(33)39(40)41(37,44)30-19-17-26-9-1-3-11-28(26)23-30/h1-26,28,44-45H. The summed E-state index contributed by atoms with van der Waals surface area (Å²) >= 11 is 3.72. The van der Waals surface area contributed by atoms with E-state index in [1.165, 1.54) is 0 Å². The minimum Gasteiger partial charge on any atom is -0.376 e. The molecule has 0 heterocycles. The van der Waals surface area contributed by atoms with Crippen molar-refractivity contribution in [1.82, 2.24) is 0 Å². The molecule has 45 heavy (non-hydrogen) atoms. The molecule has 0 spiro atoms. The van der Waals surface area contributed by atoms with Crippen LogP contribution >= 0.6 is 15.9 Å². The van der Waals surface area contributed by atoms with Crippen LogP contribution in [0.25, 0.3) is 32.3 Å². The molecule has 0 fully saturated rings. The van der Waals surface area contributed by atoms with Gasteiger partial charge in [0.2, 0.25) is 0 Å². The first kappa shape index (κ1) is 26.8. The van der Waals surface area contributed by atoms with Gasteiger partial charge in [0.05, 0.1) is 0 Å². The van der Waals surface area contributed by atoms with E-state index in [0.717, 1.165) is 59.1 Å². The van der Waals surface area contributed by atoms with Crippen molar-refractivity contribution >= 4 is 48.2 Å². The summed E-state index contributed by atoms with van der Waals surface area (Å²) in [6.07, 6.45) is 15.1. The lowest BCUT2D eigenvalue weighted by atomic mass is 9.60. The van der Waals surface area contributed by atoms with E-state index in [0.29, 0.717) is 11.1 Å². The third kappa shape index (κ3) is 3.69. The van der Waals surface area contributed by atoms with Crippen molar-refractivity contribution in [3.05, 3.63) is 190 Å². The van der Waals surface area contributed by atoms with Crippen molar-refractivity contribution in [3.8, 4) is 0 Å². The van der Waals surface area contributed by atoms with Crippen LogP contribution in [0.1, 0.15) is 27.8 Å². The topological polar surface area (TPSA) is 40.5 Å². The van der Waals surface area contributed by atoms with Crippen LogP contribution in [-0.4, -0.2) is 10.2 Å². The highest BCUT2D eigenvalue weighted by atomic mass is 79.9. The molecule has 0 bridgehead atoms. The molecule has 9 rings (SSSR count). The molecule has 0 aliphatic heterocycles. The molecule has 3 aliphatic carbocycles. The molecular formula is C42H29BrO2. The fourth-order valence-corrected chi connectivity index (χ4v) is 8.39. The molecule has 6 aromatic rings. The number of aliphatic hydroxyl groups is 2. The fraction of sp³-hybridized carbons (Fsp3) is 0.0952. The first-order valence-corrected chi connectivity index (χ1v) is 16.2. The predicted octanol–water partition coefficient (Wildman–Crippen LogP) is 9.60. The quantitative estimate of drug-likeness (QED) is 0.184. The van der Waals surface area contributed by atoms with E-state index in [4.69, 9.17) is 0 Å². The summed E-state index contributed by atoms with van der Waals surface area (Å²) in [5.41, 5.74) is 1.27. The maximum atomic E-state index is 13.6. The second-order valence-corrected chi connectivity index (χ2v) is 13.3. The minimum atomic E-state index is -1.57. The Bertz CT molecular complexity index is 2340. The maximum absolute atomic E-state index is 13.6. The second-order valence-electron chi connectivity index (χ2n) is 12.4. The highest BCUT2D eigenvalue weighted by molar-refractivity contribution is 9.10. The Morgan fingerprint density at radius 1 is 0.533 bits per heavy atom. The summed E-state index contributed by atoms with van der Waals surface area (Å²) in [6, 6.07) is 37.0. The number of benzene rings is 6. The van der Waals surface area contributed by atoms with Crippen LogP contribution in [0.3, 0.4) is 0 Å². The molecule has 216 valence electrons.